The normalized spacial score (nSPS) is 17.9. The minimum atomic E-state index is -1.02. The van der Waals surface area contributed by atoms with E-state index in [1.54, 1.807) is 24.3 Å². The second kappa shape index (κ2) is 11.8. The molecular formula is C26H31N5O6. The van der Waals surface area contributed by atoms with Gasteiger partial charge in [-0.05, 0) is 42.8 Å². The van der Waals surface area contributed by atoms with E-state index in [1.165, 1.54) is 4.90 Å². The number of carbonyl (C=O) groups excluding carboxylic acids is 3. The largest absolute Gasteiger partial charge is 0.457 e. The van der Waals surface area contributed by atoms with Crippen molar-refractivity contribution < 1.29 is 28.6 Å². The fraction of sp³-hybridized carbons (Fsp3) is 0.385. The summed E-state index contributed by atoms with van der Waals surface area (Å²) in [7, 11) is 0. The molecule has 1 atom stereocenters. The third-order valence-electron chi connectivity index (χ3n) is 6.15. The van der Waals surface area contributed by atoms with Crippen molar-refractivity contribution in [3.63, 3.8) is 0 Å². The summed E-state index contributed by atoms with van der Waals surface area (Å²) in [4.78, 5) is 40.0. The molecule has 2 aromatic rings. The highest BCUT2D eigenvalue weighted by molar-refractivity contribution is 5.97. The van der Waals surface area contributed by atoms with Crippen molar-refractivity contribution in [3.05, 3.63) is 60.2 Å². The first-order chi connectivity index (χ1) is 17.8. The number of nitrogens with one attached hydrogen (secondary N) is 3. The summed E-state index contributed by atoms with van der Waals surface area (Å²) < 4.78 is 17.2. The number of hydrogen-bond donors (Lipinski definition) is 4. The molecular weight excluding hydrogens is 478 g/mol. The Morgan fingerprint density at radius 2 is 1.70 bits per heavy atom. The van der Waals surface area contributed by atoms with Crippen molar-refractivity contribution in [2.45, 2.75) is 31.1 Å². The monoisotopic (exact) mass is 509 g/mol. The third-order valence-corrected chi connectivity index (χ3v) is 6.15. The van der Waals surface area contributed by atoms with E-state index < -0.39 is 23.6 Å². The Morgan fingerprint density at radius 3 is 2.38 bits per heavy atom. The lowest BCUT2D eigenvalue weighted by Gasteiger charge is -2.24. The molecule has 2 heterocycles. The number of rotatable bonds is 10. The lowest BCUT2D eigenvalue weighted by atomic mass is 10.1. The molecule has 196 valence electrons. The van der Waals surface area contributed by atoms with Crippen LogP contribution in [0.25, 0.3) is 0 Å². The molecule has 2 aromatic carbocycles. The molecule has 37 heavy (non-hydrogen) atoms. The molecule has 0 saturated carbocycles. The molecule has 0 bridgehead atoms. The van der Waals surface area contributed by atoms with Gasteiger partial charge in [-0.15, -0.1) is 0 Å². The van der Waals surface area contributed by atoms with E-state index >= 15 is 0 Å². The van der Waals surface area contributed by atoms with Crippen LogP contribution in [0.5, 0.6) is 11.5 Å². The zero-order valence-corrected chi connectivity index (χ0v) is 20.4. The smallest absolute Gasteiger partial charge is 0.251 e. The van der Waals surface area contributed by atoms with Crippen LogP contribution in [0.1, 0.15) is 29.6 Å². The highest BCUT2D eigenvalue weighted by atomic mass is 16.7. The topological polar surface area (TPSA) is 156 Å². The van der Waals surface area contributed by atoms with Gasteiger partial charge in [0.25, 0.3) is 5.91 Å². The van der Waals surface area contributed by atoms with Gasteiger partial charge in [-0.25, -0.2) is 0 Å². The first kappa shape index (κ1) is 26.1. The SMILES string of the molecule is N=C(N)CCCNC(=O)[C@@H]1CC2(CN1C(=O)CNC(=O)c1ccc(Oc3ccccc3)cc1)OCCO2. The number of para-hydroxylation sites is 1. The molecule has 0 aromatic heterocycles. The lowest BCUT2D eigenvalue weighted by Crippen LogP contribution is -2.49. The van der Waals surface area contributed by atoms with Crippen LogP contribution in [-0.4, -0.2) is 73.1 Å². The summed E-state index contributed by atoms with van der Waals surface area (Å²) >= 11 is 0. The van der Waals surface area contributed by atoms with Gasteiger partial charge in [-0.2, -0.15) is 0 Å². The summed E-state index contributed by atoms with van der Waals surface area (Å²) in [6.45, 7) is 0.905. The lowest BCUT2D eigenvalue weighted by molar-refractivity contribution is -0.152. The molecule has 5 N–H and O–H groups in total. The van der Waals surface area contributed by atoms with E-state index in [0.717, 1.165) is 0 Å². The molecule has 1 spiro atoms. The Bertz CT molecular complexity index is 1120. The van der Waals surface area contributed by atoms with Crippen molar-refractivity contribution >= 4 is 23.6 Å². The van der Waals surface area contributed by atoms with Gasteiger partial charge in [-0.1, -0.05) is 18.2 Å². The molecule has 3 amide bonds. The van der Waals surface area contributed by atoms with Crippen molar-refractivity contribution in [1.29, 1.82) is 5.41 Å². The van der Waals surface area contributed by atoms with Crippen LogP contribution >= 0.6 is 0 Å². The van der Waals surface area contributed by atoms with Gasteiger partial charge in [0.05, 0.1) is 32.1 Å². The van der Waals surface area contributed by atoms with Crippen LogP contribution in [0.3, 0.4) is 0 Å². The number of carbonyl (C=O) groups is 3. The van der Waals surface area contributed by atoms with Gasteiger partial charge in [0, 0.05) is 24.9 Å². The fourth-order valence-corrected chi connectivity index (χ4v) is 4.31. The van der Waals surface area contributed by atoms with Gasteiger partial charge in [0.1, 0.15) is 17.5 Å². The van der Waals surface area contributed by atoms with E-state index in [-0.39, 0.29) is 31.3 Å². The predicted molar refractivity (Wildman–Crippen MR) is 134 cm³/mol. The molecule has 4 rings (SSSR count). The Kier molecular flexibility index (Phi) is 8.36. The number of hydrogen-bond acceptors (Lipinski definition) is 7. The average molecular weight is 510 g/mol. The highest BCUT2D eigenvalue weighted by Gasteiger charge is 2.52. The maximum atomic E-state index is 13.1. The standard InChI is InChI=1S/C26H31N5O6/c27-22(28)7-4-12-29-25(34)21-15-26(35-13-14-36-26)17-31(21)23(32)16-30-24(33)18-8-10-20(11-9-18)37-19-5-2-1-3-6-19/h1-3,5-6,8-11,21H,4,7,12-17H2,(H3,27,28)(H,29,34)(H,30,33)/t21-/m0/s1. The second-order valence-electron chi connectivity index (χ2n) is 8.89. The van der Waals surface area contributed by atoms with Gasteiger partial charge < -0.3 is 35.5 Å². The number of amides is 3. The molecule has 0 unspecified atom stereocenters. The van der Waals surface area contributed by atoms with E-state index in [4.69, 9.17) is 25.4 Å². The maximum Gasteiger partial charge on any atom is 0.251 e. The summed E-state index contributed by atoms with van der Waals surface area (Å²) in [5.41, 5.74) is 5.72. The number of nitrogens with two attached hydrogens (primary N) is 1. The molecule has 0 aliphatic carbocycles. The summed E-state index contributed by atoms with van der Waals surface area (Å²) in [6.07, 6.45) is 1.09. The summed E-state index contributed by atoms with van der Waals surface area (Å²) in [5, 5.41) is 12.7. The first-order valence-corrected chi connectivity index (χ1v) is 12.1. The van der Waals surface area contributed by atoms with E-state index in [0.29, 0.717) is 49.7 Å². The van der Waals surface area contributed by atoms with E-state index in [2.05, 4.69) is 10.6 Å². The minimum Gasteiger partial charge on any atom is -0.457 e. The van der Waals surface area contributed by atoms with Gasteiger partial charge in [0.2, 0.25) is 11.8 Å². The Morgan fingerprint density at radius 1 is 1.03 bits per heavy atom. The number of likely N-dealkylation sites (tertiary alicyclic amines) is 1. The Balaban J connectivity index is 1.32. The Hall–Kier alpha value is -3.96. The molecule has 2 saturated heterocycles. The van der Waals surface area contributed by atoms with Crippen LogP contribution < -0.4 is 21.1 Å². The van der Waals surface area contributed by atoms with E-state index in [1.807, 2.05) is 30.3 Å². The second-order valence-corrected chi connectivity index (χ2v) is 8.89. The molecule has 11 nitrogen and oxygen atoms in total. The van der Waals surface area contributed by atoms with Gasteiger partial charge in [0.15, 0.2) is 5.79 Å². The molecule has 0 radical (unpaired) electrons. The van der Waals surface area contributed by atoms with Gasteiger partial charge in [-0.3, -0.25) is 19.8 Å². The van der Waals surface area contributed by atoms with Gasteiger partial charge >= 0.3 is 0 Å². The van der Waals surface area contributed by atoms with Crippen LogP contribution in [-0.2, 0) is 19.1 Å². The Labute approximate surface area is 214 Å². The van der Waals surface area contributed by atoms with Crippen molar-refractivity contribution in [3.8, 4) is 11.5 Å². The summed E-state index contributed by atoms with van der Waals surface area (Å²) in [5.74, 6) is -0.892. The molecule has 11 heteroatoms. The quantitative estimate of drug-likeness (QED) is 0.214. The number of nitrogens with zero attached hydrogens (tertiary/aromatic N) is 1. The third kappa shape index (κ3) is 6.83. The average Bonchev–Trinajstić information content (AvgIpc) is 3.52. The number of benzene rings is 2. The number of ether oxygens (including phenoxy) is 3. The number of amidine groups is 1. The van der Waals surface area contributed by atoms with E-state index in [9.17, 15) is 14.4 Å². The van der Waals surface area contributed by atoms with Crippen molar-refractivity contribution in [2.75, 3.05) is 32.8 Å². The molecule has 2 aliphatic heterocycles. The van der Waals surface area contributed by atoms with Crippen LogP contribution in [0.4, 0.5) is 0 Å². The highest BCUT2D eigenvalue weighted by Crippen LogP contribution is 2.34. The van der Waals surface area contributed by atoms with Crippen LogP contribution in [0, 0.1) is 5.41 Å². The fourth-order valence-electron chi connectivity index (χ4n) is 4.31. The zero-order valence-electron chi connectivity index (χ0n) is 20.4. The zero-order chi connectivity index (χ0) is 26.3. The molecule has 2 fully saturated rings. The van der Waals surface area contributed by atoms with Crippen LogP contribution in [0.15, 0.2) is 54.6 Å². The van der Waals surface area contributed by atoms with Crippen LogP contribution in [0.2, 0.25) is 0 Å². The summed E-state index contributed by atoms with van der Waals surface area (Å²) in [6, 6.07) is 15.1. The first-order valence-electron chi connectivity index (χ1n) is 12.1. The maximum absolute atomic E-state index is 13.1. The van der Waals surface area contributed by atoms with Crippen molar-refractivity contribution in [1.82, 2.24) is 15.5 Å². The van der Waals surface area contributed by atoms with Crippen molar-refractivity contribution in [2.24, 2.45) is 5.73 Å². The molecule has 2 aliphatic rings. The predicted octanol–water partition coefficient (Wildman–Crippen LogP) is 1.39. The minimum absolute atomic E-state index is 0.0488.